The molecule has 0 aliphatic heterocycles. The van der Waals surface area contributed by atoms with Gasteiger partial charge in [-0.05, 0) is 65.8 Å². The summed E-state index contributed by atoms with van der Waals surface area (Å²) in [6.07, 6.45) is 4.02. The summed E-state index contributed by atoms with van der Waals surface area (Å²) in [6.45, 7) is 3.28. The lowest BCUT2D eigenvalue weighted by molar-refractivity contribution is 0.342. The predicted molar refractivity (Wildman–Crippen MR) is 140 cm³/mol. The van der Waals surface area contributed by atoms with E-state index in [0.717, 1.165) is 28.7 Å². The maximum atomic E-state index is 9.59. The first kappa shape index (κ1) is 23.5. The zero-order valence-electron chi connectivity index (χ0n) is 18.4. The Morgan fingerprint density at radius 1 is 1.09 bits per heavy atom. The van der Waals surface area contributed by atoms with Crippen LogP contribution in [0.4, 0.5) is 0 Å². The van der Waals surface area contributed by atoms with Crippen LogP contribution in [0.25, 0.3) is 27.7 Å². The van der Waals surface area contributed by atoms with Gasteiger partial charge in [-0.1, -0.05) is 47.8 Å². The molecule has 0 aliphatic rings. The summed E-state index contributed by atoms with van der Waals surface area (Å²) in [5.41, 5.74) is 7.13. The van der Waals surface area contributed by atoms with Crippen LogP contribution in [0.5, 0.6) is 5.75 Å². The number of nitrogens with zero attached hydrogens (tertiary/aromatic N) is 2. The van der Waals surface area contributed by atoms with Crippen LogP contribution in [0.1, 0.15) is 16.7 Å². The minimum Gasteiger partial charge on any atom is -0.489 e. The maximum absolute atomic E-state index is 9.59. The van der Waals surface area contributed by atoms with Crippen LogP contribution in [0.3, 0.4) is 0 Å². The minimum atomic E-state index is 0.291. The molecule has 33 heavy (non-hydrogen) atoms. The molecule has 1 N–H and O–H groups in total. The fourth-order valence-corrected chi connectivity index (χ4v) is 4.50. The molecule has 0 saturated heterocycles. The largest absolute Gasteiger partial charge is 0.489 e. The fourth-order valence-electron chi connectivity index (χ4n) is 3.86. The summed E-state index contributed by atoms with van der Waals surface area (Å²) >= 11 is 13.8. The van der Waals surface area contributed by atoms with Crippen LogP contribution >= 0.6 is 35.1 Å². The Balaban J connectivity index is 1.69. The van der Waals surface area contributed by atoms with Crippen molar-refractivity contribution in [2.24, 2.45) is 0 Å². The number of nitriles is 1. The maximum Gasteiger partial charge on any atom is 0.155 e. The number of aryl methyl sites for hydroxylation is 1. The molecule has 0 spiro atoms. The predicted octanol–water partition coefficient (Wildman–Crippen LogP) is 7.12. The normalized spacial score (nSPS) is 11.0. The monoisotopic (exact) mass is 495 g/mol. The van der Waals surface area contributed by atoms with Gasteiger partial charge in [0.2, 0.25) is 0 Å². The van der Waals surface area contributed by atoms with Gasteiger partial charge in [0.1, 0.15) is 12.7 Å². The second-order valence-corrected chi connectivity index (χ2v) is 9.06. The average Bonchev–Trinajstić information content (AvgIpc) is 3.25. The molecule has 1 aromatic heterocycles. The van der Waals surface area contributed by atoms with Gasteiger partial charge in [0.05, 0.1) is 22.0 Å². The Hall–Kier alpha value is -2.62. The molecule has 0 atom stereocenters. The number of ether oxygens (including phenoxy) is 1. The standard InChI is InChI=1S/C26H23Cl2N3OS/c1-17-11-18(3-4-21(17)16-30-33-2)19-5-6-25-20(12-19)7-9-31(25)23-13-22(15-29)26(24(28)14-23)32-10-8-27/h3-7,9,11-14,30H,8,10,16H2,1-2H3. The SMILES string of the molecule is CSNCc1ccc(-c2ccc3c(ccn3-c3cc(Cl)c(OCCCl)c(C#N)c3)c2)cc1C. The van der Waals surface area contributed by atoms with Crippen LogP contribution in [0, 0.1) is 18.3 Å². The quantitative estimate of drug-likeness (QED) is 0.209. The summed E-state index contributed by atoms with van der Waals surface area (Å²) in [5.74, 6) is 0.693. The smallest absolute Gasteiger partial charge is 0.155 e. The first-order valence-corrected chi connectivity index (χ1v) is 12.6. The molecule has 0 radical (unpaired) electrons. The summed E-state index contributed by atoms with van der Waals surface area (Å²) in [4.78, 5) is 0. The summed E-state index contributed by atoms with van der Waals surface area (Å²) in [5, 5.41) is 11.1. The van der Waals surface area contributed by atoms with Crippen molar-refractivity contribution in [3.63, 3.8) is 0 Å². The van der Waals surface area contributed by atoms with E-state index in [0.29, 0.717) is 28.8 Å². The Morgan fingerprint density at radius 3 is 2.61 bits per heavy atom. The van der Waals surface area contributed by atoms with E-state index in [4.69, 9.17) is 27.9 Å². The van der Waals surface area contributed by atoms with Crippen molar-refractivity contribution in [2.45, 2.75) is 13.5 Å². The van der Waals surface area contributed by atoms with Crippen molar-refractivity contribution in [1.29, 1.82) is 5.26 Å². The van der Waals surface area contributed by atoms with Crippen molar-refractivity contribution >= 4 is 46.1 Å². The van der Waals surface area contributed by atoms with Gasteiger partial charge >= 0.3 is 0 Å². The molecule has 4 nitrogen and oxygen atoms in total. The van der Waals surface area contributed by atoms with Crippen molar-refractivity contribution in [1.82, 2.24) is 9.29 Å². The molecule has 0 saturated carbocycles. The topological polar surface area (TPSA) is 50.0 Å². The molecule has 0 bridgehead atoms. The zero-order chi connectivity index (χ0) is 23.4. The number of aromatic nitrogens is 1. The average molecular weight is 496 g/mol. The number of fused-ring (bicyclic) bond motifs is 1. The summed E-state index contributed by atoms with van der Waals surface area (Å²) < 4.78 is 10.9. The molecule has 0 fully saturated rings. The first-order chi connectivity index (χ1) is 16.0. The zero-order valence-corrected chi connectivity index (χ0v) is 20.7. The van der Waals surface area contributed by atoms with E-state index in [1.165, 1.54) is 16.7 Å². The molecule has 3 aromatic carbocycles. The second kappa shape index (κ2) is 10.5. The van der Waals surface area contributed by atoms with E-state index in [-0.39, 0.29) is 0 Å². The van der Waals surface area contributed by atoms with E-state index in [1.807, 2.05) is 23.1 Å². The molecule has 0 amide bonds. The van der Waals surface area contributed by atoms with Gasteiger partial charge in [-0.2, -0.15) is 5.26 Å². The van der Waals surface area contributed by atoms with Crippen LogP contribution in [-0.2, 0) is 6.54 Å². The van der Waals surface area contributed by atoms with Crippen LogP contribution in [0.15, 0.2) is 60.8 Å². The lowest BCUT2D eigenvalue weighted by atomic mass is 9.99. The third-order valence-electron chi connectivity index (χ3n) is 5.52. The first-order valence-electron chi connectivity index (χ1n) is 10.5. The Kier molecular flexibility index (Phi) is 7.52. The second-order valence-electron chi connectivity index (χ2n) is 7.58. The Morgan fingerprint density at radius 2 is 1.88 bits per heavy atom. The molecule has 4 rings (SSSR count). The van der Waals surface area contributed by atoms with Crippen LogP contribution < -0.4 is 9.46 Å². The van der Waals surface area contributed by atoms with Gasteiger partial charge in [-0.15, -0.1) is 11.6 Å². The highest BCUT2D eigenvalue weighted by molar-refractivity contribution is 7.96. The van der Waals surface area contributed by atoms with Crippen LogP contribution in [0.2, 0.25) is 5.02 Å². The minimum absolute atomic E-state index is 0.291. The number of nitrogens with one attached hydrogen (secondary N) is 1. The van der Waals surface area contributed by atoms with Crippen LogP contribution in [-0.4, -0.2) is 23.3 Å². The molecule has 0 aliphatic carbocycles. The van der Waals surface area contributed by atoms with E-state index in [2.05, 4.69) is 60.2 Å². The molecular formula is C26H23Cl2N3OS. The highest BCUT2D eigenvalue weighted by Gasteiger charge is 2.14. The molecule has 7 heteroatoms. The van der Waals surface area contributed by atoms with Gasteiger partial charge < -0.3 is 9.30 Å². The summed E-state index contributed by atoms with van der Waals surface area (Å²) in [7, 11) is 0. The van der Waals surface area contributed by atoms with E-state index >= 15 is 0 Å². The van der Waals surface area contributed by atoms with E-state index in [9.17, 15) is 5.26 Å². The Bertz CT molecular complexity index is 1340. The van der Waals surface area contributed by atoms with E-state index in [1.54, 1.807) is 18.0 Å². The van der Waals surface area contributed by atoms with Crippen molar-refractivity contribution in [3.05, 3.63) is 82.5 Å². The highest BCUT2D eigenvalue weighted by Crippen LogP contribution is 2.34. The van der Waals surface area contributed by atoms with E-state index < -0.39 is 0 Å². The highest BCUT2D eigenvalue weighted by atomic mass is 35.5. The molecule has 1 heterocycles. The number of hydrogen-bond acceptors (Lipinski definition) is 4. The molecule has 4 aromatic rings. The number of benzene rings is 3. The third-order valence-corrected chi connectivity index (χ3v) is 6.39. The van der Waals surface area contributed by atoms with Gasteiger partial charge in [-0.25, -0.2) is 0 Å². The van der Waals surface area contributed by atoms with Gasteiger partial charge in [-0.3, -0.25) is 4.72 Å². The summed E-state index contributed by atoms with van der Waals surface area (Å²) in [6, 6.07) is 20.8. The number of halogens is 2. The van der Waals surface area contributed by atoms with Crippen molar-refractivity contribution in [3.8, 4) is 28.6 Å². The number of rotatable bonds is 8. The molecular weight excluding hydrogens is 473 g/mol. The number of hydrogen-bond donors (Lipinski definition) is 1. The van der Waals surface area contributed by atoms with Gasteiger partial charge in [0, 0.05) is 23.8 Å². The molecule has 168 valence electrons. The Labute approximate surface area is 208 Å². The van der Waals surface area contributed by atoms with Crippen molar-refractivity contribution < 1.29 is 4.74 Å². The lowest BCUT2D eigenvalue weighted by Crippen LogP contribution is -2.03. The van der Waals surface area contributed by atoms with Gasteiger partial charge in [0.25, 0.3) is 0 Å². The molecule has 0 unspecified atom stereocenters. The fraction of sp³-hybridized carbons (Fsp3) is 0.192. The third kappa shape index (κ3) is 5.00. The number of alkyl halides is 1. The van der Waals surface area contributed by atoms with Gasteiger partial charge in [0.15, 0.2) is 5.75 Å². The lowest BCUT2D eigenvalue weighted by Gasteiger charge is -2.13. The van der Waals surface area contributed by atoms with Crippen molar-refractivity contribution in [2.75, 3.05) is 18.7 Å².